The largest absolute Gasteiger partial charge is 0.309 e. The predicted octanol–water partition coefficient (Wildman–Crippen LogP) is 7.44. The molecule has 4 nitrogen and oxygen atoms in total. The third-order valence-electron chi connectivity index (χ3n) is 9.66. The Balaban J connectivity index is 1.43. The molecule has 0 radical (unpaired) electrons. The van der Waals surface area contributed by atoms with Crippen LogP contribution in [-0.4, -0.2) is 12.6 Å². The van der Waals surface area contributed by atoms with Crippen molar-refractivity contribution in [3.63, 3.8) is 0 Å². The van der Waals surface area contributed by atoms with Gasteiger partial charge >= 0.3 is 0 Å². The summed E-state index contributed by atoms with van der Waals surface area (Å²) in [4.78, 5) is 0. The molecule has 0 saturated carbocycles. The van der Waals surface area contributed by atoms with E-state index in [9.17, 15) is 15.8 Å². The first-order valence-electron chi connectivity index (χ1n) is 16.4. The quantitative estimate of drug-likeness (QED) is 0.138. The van der Waals surface area contributed by atoms with E-state index in [4.69, 9.17) is 0 Å². The van der Waals surface area contributed by atoms with Gasteiger partial charge in [-0.05, 0) is 56.1 Å². The molecule has 233 valence electrons. The number of benzene rings is 7. The van der Waals surface area contributed by atoms with Crippen LogP contribution >= 0.6 is 0 Å². The summed E-state index contributed by atoms with van der Waals surface area (Å²) in [5.74, 6) is 0. The van der Waals surface area contributed by atoms with E-state index in [1.807, 2.05) is 72.8 Å². The zero-order chi connectivity index (χ0) is 34.1. The van der Waals surface area contributed by atoms with Crippen LogP contribution in [0.2, 0.25) is 0 Å². The van der Waals surface area contributed by atoms with Crippen molar-refractivity contribution in [1.29, 1.82) is 15.8 Å². The Morgan fingerprint density at radius 2 is 1.02 bits per heavy atom. The highest BCUT2D eigenvalue weighted by atomic mass is 28.3. The van der Waals surface area contributed by atoms with E-state index in [0.717, 1.165) is 43.8 Å². The Hall–Kier alpha value is -6.97. The number of aromatic nitrogens is 1. The van der Waals surface area contributed by atoms with Crippen molar-refractivity contribution < 1.29 is 0 Å². The van der Waals surface area contributed by atoms with Crippen LogP contribution in [0, 0.1) is 34.0 Å². The fourth-order valence-corrected chi connectivity index (χ4v) is 12.5. The molecule has 0 aliphatic heterocycles. The molecule has 0 spiro atoms. The Morgan fingerprint density at radius 3 is 1.62 bits per heavy atom. The van der Waals surface area contributed by atoms with Crippen molar-refractivity contribution in [3.8, 4) is 35.0 Å². The molecule has 8 rings (SSSR count). The monoisotopic (exact) mass is 652 g/mol. The molecular weight excluding hydrogens is 625 g/mol. The summed E-state index contributed by atoms with van der Waals surface area (Å²) < 4.78 is 2.17. The minimum atomic E-state index is -2.98. The van der Waals surface area contributed by atoms with Gasteiger partial charge in [0.15, 0.2) is 0 Å². The fourth-order valence-electron chi connectivity index (χ4n) is 7.58. The first-order valence-corrected chi connectivity index (χ1v) is 18.4. The number of rotatable bonds is 6. The average molecular weight is 653 g/mol. The Morgan fingerprint density at radius 1 is 0.440 bits per heavy atom. The summed E-state index contributed by atoms with van der Waals surface area (Å²) in [6.45, 7) is 0. The lowest BCUT2D eigenvalue weighted by atomic mass is 9.96. The minimum Gasteiger partial charge on any atom is -0.309 e. The van der Waals surface area contributed by atoms with E-state index >= 15 is 0 Å². The van der Waals surface area contributed by atoms with Crippen molar-refractivity contribution in [2.45, 2.75) is 0 Å². The van der Waals surface area contributed by atoms with Crippen LogP contribution in [-0.2, 0) is 0 Å². The molecule has 0 unspecified atom stereocenters. The molecule has 1 heterocycles. The van der Waals surface area contributed by atoms with Crippen LogP contribution in [0.1, 0.15) is 16.7 Å². The van der Waals surface area contributed by atoms with Gasteiger partial charge in [-0.2, -0.15) is 36.5 Å². The molecule has 0 bridgehead atoms. The summed E-state index contributed by atoms with van der Waals surface area (Å²) in [6.07, 6.45) is 0. The van der Waals surface area contributed by atoms with Gasteiger partial charge < -0.3 is 4.57 Å². The number of nitrogens with zero attached hydrogens (tertiary/aromatic N) is 4. The Kier molecular flexibility index (Phi) is 7.63. The normalized spacial score (nSPS) is 11.1. The van der Waals surface area contributed by atoms with Crippen LogP contribution < -0.4 is 20.7 Å². The second kappa shape index (κ2) is 12.6. The van der Waals surface area contributed by atoms with E-state index < -0.39 is 8.07 Å². The summed E-state index contributed by atoms with van der Waals surface area (Å²) in [5.41, 5.74) is 5.93. The van der Waals surface area contributed by atoms with Gasteiger partial charge in [0.2, 0.25) is 0 Å². The van der Waals surface area contributed by atoms with Crippen LogP contribution in [0.5, 0.6) is 0 Å². The number of nitriles is 3. The lowest BCUT2D eigenvalue weighted by molar-refractivity contribution is 1.18. The predicted molar refractivity (Wildman–Crippen MR) is 204 cm³/mol. The maximum absolute atomic E-state index is 11.0. The number of hydrogen-bond acceptors (Lipinski definition) is 3. The van der Waals surface area contributed by atoms with E-state index in [-0.39, 0.29) is 0 Å². The average Bonchev–Trinajstić information content (AvgIpc) is 3.52. The van der Waals surface area contributed by atoms with Gasteiger partial charge in [0, 0.05) is 21.9 Å². The molecule has 0 fully saturated rings. The van der Waals surface area contributed by atoms with Crippen LogP contribution in [0.25, 0.3) is 38.6 Å². The lowest BCUT2D eigenvalue weighted by Gasteiger charge is -2.47. The zero-order valence-electron chi connectivity index (χ0n) is 27.0. The number of hydrogen-bond donors (Lipinski definition) is 0. The first-order chi connectivity index (χ1) is 24.7. The minimum absolute atomic E-state index is 0.511. The van der Waals surface area contributed by atoms with Crippen molar-refractivity contribution in [1.82, 2.24) is 4.57 Å². The third kappa shape index (κ3) is 4.72. The smallest absolute Gasteiger partial charge is 0.0998 e. The topological polar surface area (TPSA) is 76.3 Å². The maximum Gasteiger partial charge on any atom is 0.0998 e. The van der Waals surface area contributed by atoms with Gasteiger partial charge in [-0.25, -0.2) is 0 Å². The second-order valence-corrected chi connectivity index (χ2v) is 16.0. The van der Waals surface area contributed by atoms with Crippen molar-refractivity contribution in [3.05, 3.63) is 187 Å². The molecule has 0 atom stereocenters. The highest BCUT2D eigenvalue weighted by Crippen LogP contribution is 2.38. The molecular formula is C45H28N4Si-. The standard InChI is InChI=1S/C45H28N4Si/c46-29-32-23-25-42-40(27-32)39-20-10-11-21-41(39)49(42)43-22-12-13-34(30-47)45(43)33-24-26-44(35(28-33)31-48)50(36-14-4-1-5-15-36,37-16-6-2-7-17-37)38-18-8-3-9-19-38/h1-28H/q-1. The van der Waals surface area contributed by atoms with E-state index in [1.165, 1.54) is 15.6 Å². The molecule has 50 heavy (non-hydrogen) atoms. The van der Waals surface area contributed by atoms with Gasteiger partial charge in [0.05, 0.1) is 46.1 Å². The van der Waals surface area contributed by atoms with Gasteiger partial charge in [-0.3, -0.25) is 0 Å². The summed E-state index contributed by atoms with van der Waals surface area (Å²) in [5, 5.41) is 37.7. The second-order valence-electron chi connectivity index (χ2n) is 12.2. The van der Waals surface area contributed by atoms with Gasteiger partial charge in [-0.15, -0.1) is 0 Å². The fraction of sp³-hybridized carbons (Fsp3) is 0. The number of para-hydroxylation sites is 1. The molecule has 0 aliphatic carbocycles. The van der Waals surface area contributed by atoms with Gasteiger partial charge in [-0.1, -0.05) is 127 Å². The Labute approximate surface area is 291 Å². The SMILES string of the molecule is N#Cc1ccc2c(c1)c1ccccc1n2-c1cccc(C#N)c1-c1ccc([Si-](c2ccccc2)(c2ccccc2)c2ccccc2)c(C#N)c1. The molecule has 0 amide bonds. The van der Waals surface area contributed by atoms with Crippen LogP contribution in [0.3, 0.4) is 0 Å². The third-order valence-corrected chi connectivity index (χ3v) is 14.5. The van der Waals surface area contributed by atoms with Gasteiger partial charge in [0.1, 0.15) is 0 Å². The number of fused-ring (bicyclic) bond motifs is 3. The van der Waals surface area contributed by atoms with E-state index in [1.54, 1.807) is 0 Å². The summed E-state index contributed by atoms with van der Waals surface area (Å²) >= 11 is 0. The highest BCUT2D eigenvalue weighted by molar-refractivity contribution is 7.20. The summed E-state index contributed by atoms with van der Waals surface area (Å²) in [6, 6.07) is 64.7. The molecule has 5 heteroatoms. The molecule has 1 aromatic heterocycles. The van der Waals surface area contributed by atoms with Crippen LogP contribution in [0.4, 0.5) is 0 Å². The van der Waals surface area contributed by atoms with E-state index in [2.05, 4.69) is 120 Å². The molecule has 0 saturated heterocycles. The molecule has 8 aromatic rings. The highest BCUT2D eigenvalue weighted by Gasteiger charge is 2.30. The molecule has 7 aromatic carbocycles. The van der Waals surface area contributed by atoms with Crippen molar-refractivity contribution >= 4 is 50.6 Å². The van der Waals surface area contributed by atoms with E-state index in [0.29, 0.717) is 16.7 Å². The van der Waals surface area contributed by atoms with Crippen molar-refractivity contribution in [2.24, 2.45) is 0 Å². The van der Waals surface area contributed by atoms with Crippen molar-refractivity contribution in [2.75, 3.05) is 0 Å². The maximum atomic E-state index is 11.0. The van der Waals surface area contributed by atoms with Gasteiger partial charge in [0.25, 0.3) is 0 Å². The molecule has 0 aliphatic rings. The first kappa shape index (κ1) is 30.4. The zero-order valence-corrected chi connectivity index (χ0v) is 28.0. The lowest BCUT2D eigenvalue weighted by Crippen LogP contribution is -2.75. The van der Waals surface area contributed by atoms with Crippen LogP contribution in [0.15, 0.2) is 170 Å². The summed E-state index contributed by atoms with van der Waals surface area (Å²) in [7, 11) is -2.98. The Bertz CT molecular complexity index is 2580. The molecule has 0 N–H and O–H groups in total.